The third kappa shape index (κ3) is 2.35. The zero-order valence-electron chi connectivity index (χ0n) is 11.3. The Hall–Kier alpha value is -1.82. The fraction of sp³-hybridized carbons (Fsp3) is 0.538. The minimum atomic E-state index is -0.502. The second kappa shape index (κ2) is 4.70. The predicted molar refractivity (Wildman–Crippen MR) is 71.6 cm³/mol. The van der Waals surface area contributed by atoms with Gasteiger partial charge in [0, 0.05) is 18.5 Å². The molecule has 1 heterocycles. The maximum atomic E-state index is 11.2. The van der Waals surface area contributed by atoms with Crippen LogP contribution in [0, 0.1) is 15.5 Å². The van der Waals surface area contributed by atoms with Gasteiger partial charge in [0.25, 0.3) is 0 Å². The molecule has 0 spiro atoms. The van der Waals surface area contributed by atoms with E-state index in [1.807, 2.05) is 18.7 Å². The van der Waals surface area contributed by atoms with Gasteiger partial charge in [0.2, 0.25) is 0 Å². The molecule has 1 aliphatic heterocycles. The summed E-state index contributed by atoms with van der Waals surface area (Å²) in [5.41, 5.74) is 0.167. The highest BCUT2D eigenvalue weighted by Gasteiger charge is 2.40. The lowest BCUT2D eigenvalue weighted by atomic mass is 9.90. The Kier molecular flexibility index (Phi) is 3.36. The van der Waals surface area contributed by atoms with E-state index in [0.717, 1.165) is 0 Å². The number of methoxy groups -OCH3 is 1. The number of hydrogen-bond acceptors (Lipinski definition) is 5. The van der Waals surface area contributed by atoms with Crippen molar-refractivity contribution in [1.82, 2.24) is 0 Å². The zero-order chi connectivity index (χ0) is 14.2. The molecule has 6 heteroatoms. The Morgan fingerprint density at radius 2 is 2.21 bits per heavy atom. The molecular formula is C13H18N2O4. The van der Waals surface area contributed by atoms with Crippen molar-refractivity contribution in [2.24, 2.45) is 5.41 Å². The summed E-state index contributed by atoms with van der Waals surface area (Å²) in [5, 5.41) is 21.2. The predicted octanol–water partition coefficient (Wildman–Crippen LogP) is 1.81. The molecule has 2 rings (SSSR count). The Morgan fingerprint density at radius 1 is 1.53 bits per heavy atom. The molecule has 1 aliphatic rings. The number of nitrogens with zero attached hydrogens (tertiary/aromatic N) is 2. The van der Waals surface area contributed by atoms with Crippen LogP contribution in [0.3, 0.4) is 0 Å². The molecule has 1 aromatic rings. The third-order valence-corrected chi connectivity index (χ3v) is 3.61. The van der Waals surface area contributed by atoms with Gasteiger partial charge in [-0.1, -0.05) is 19.9 Å². The molecule has 0 radical (unpaired) electrons. The maximum Gasteiger partial charge on any atom is 0.333 e. The monoisotopic (exact) mass is 266 g/mol. The van der Waals surface area contributed by atoms with Gasteiger partial charge in [-0.3, -0.25) is 10.1 Å². The first-order chi connectivity index (χ1) is 8.86. The van der Waals surface area contributed by atoms with Crippen LogP contribution in [-0.2, 0) is 0 Å². The number of nitro groups is 1. The van der Waals surface area contributed by atoms with Crippen molar-refractivity contribution in [2.45, 2.75) is 20.0 Å². The number of rotatable bonds is 3. The highest BCUT2D eigenvalue weighted by molar-refractivity contribution is 5.70. The van der Waals surface area contributed by atoms with Gasteiger partial charge in [-0.25, -0.2) is 0 Å². The molecule has 104 valence electrons. The molecule has 1 aromatic carbocycles. The van der Waals surface area contributed by atoms with E-state index < -0.39 is 11.0 Å². The van der Waals surface area contributed by atoms with Gasteiger partial charge in [-0.2, -0.15) is 0 Å². The van der Waals surface area contributed by atoms with Crippen LogP contribution < -0.4 is 9.64 Å². The average Bonchev–Trinajstić information content (AvgIpc) is 2.62. The van der Waals surface area contributed by atoms with Crippen LogP contribution in [0.25, 0.3) is 0 Å². The lowest BCUT2D eigenvalue weighted by molar-refractivity contribution is -0.385. The lowest BCUT2D eigenvalue weighted by Crippen LogP contribution is -2.26. The summed E-state index contributed by atoms with van der Waals surface area (Å²) in [6.45, 7) is 4.86. The Bertz CT molecular complexity index is 501. The molecular weight excluding hydrogens is 248 g/mol. The van der Waals surface area contributed by atoms with Crippen LogP contribution in [0.5, 0.6) is 5.75 Å². The van der Waals surface area contributed by atoms with Crippen LogP contribution in [-0.4, -0.2) is 36.3 Å². The fourth-order valence-electron chi connectivity index (χ4n) is 2.42. The van der Waals surface area contributed by atoms with Crippen molar-refractivity contribution in [1.29, 1.82) is 0 Å². The van der Waals surface area contributed by atoms with E-state index in [-0.39, 0.29) is 16.9 Å². The number of aliphatic hydroxyl groups excluding tert-OH is 1. The fourth-order valence-corrected chi connectivity index (χ4v) is 2.42. The maximum absolute atomic E-state index is 11.2. The first kappa shape index (κ1) is 13.6. The average molecular weight is 266 g/mol. The van der Waals surface area contributed by atoms with E-state index in [4.69, 9.17) is 4.74 Å². The standard InChI is InChI=1S/C13H18N2O4/c1-13(2)8-14(7-11(13)16)9-5-4-6-10(19-3)12(9)15(17)18/h4-6,11,16H,7-8H2,1-3H3/t11-/m0/s1. The van der Waals surface area contributed by atoms with Crippen LogP contribution >= 0.6 is 0 Å². The van der Waals surface area contributed by atoms with Gasteiger partial charge < -0.3 is 14.7 Å². The lowest BCUT2D eigenvalue weighted by Gasteiger charge is -2.22. The molecule has 0 aromatic heterocycles. The smallest absolute Gasteiger partial charge is 0.333 e. The van der Waals surface area contributed by atoms with E-state index >= 15 is 0 Å². The van der Waals surface area contributed by atoms with Gasteiger partial charge in [0.15, 0.2) is 5.75 Å². The molecule has 0 saturated carbocycles. The summed E-state index contributed by atoms with van der Waals surface area (Å²) in [4.78, 5) is 12.6. The number of β-amino-alcohol motifs (C(OH)–C–C–N with tert-alkyl or cyclic N) is 1. The van der Waals surface area contributed by atoms with Gasteiger partial charge in [0.05, 0.1) is 18.1 Å². The number of anilines is 1. The number of ether oxygens (including phenoxy) is 1. The van der Waals surface area contributed by atoms with Gasteiger partial charge >= 0.3 is 5.69 Å². The Balaban J connectivity index is 2.44. The van der Waals surface area contributed by atoms with Crippen LogP contribution in [0.2, 0.25) is 0 Å². The van der Waals surface area contributed by atoms with Gasteiger partial charge in [0.1, 0.15) is 5.69 Å². The highest BCUT2D eigenvalue weighted by atomic mass is 16.6. The van der Waals surface area contributed by atoms with Crippen molar-refractivity contribution in [3.8, 4) is 5.75 Å². The van der Waals surface area contributed by atoms with E-state index in [1.54, 1.807) is 18.2 Å². The minimum Gasteiger partial charge on any atom is -0.490 e. The highest BCUT2D eigenvalue weighted by Crippen LogP contribution is 2.41. The Labute approximate surface area is 111 Å². The third-order valence-electron chi connectivity index (χ3n) is 3.61. The SMILES string of the molecule is COc1cccc(N2C[C@H](O)C(C)(C)C2)c1[N+](=O)[O-]. The molecule has 1 saturated heterocycles. The number of aliphatic hydroxyl groups is 1. The van der Waals surface area contributed by atoms with E-state index in [1.165, 1.54) is 7.11 Å². The summed E-state index contributed by atoms with van der Waals surface area (Å²) < 4.78 is 5.05. The number of para-hydroxylation sites is 1. The van der Waals surface area contributed by atoms with Crippen molar-refractivity contribution < 1.29 is 14.8 Å². The molecule has 0 bridgehead atoms. The van der Waals surface area contributed by atoms with Crippen molar-refractivity contribution in [3.05, 3.63) is 28.3 Å². The largest absolute Gasteiger partial charge is 0.490 e. The second-order valence-corrected chi connectivity index (χ2v) is 5.47. The van der Waals surface area contributed by atoms with Gasteiger partial charge in [-0.15, -0.1) is 0 Å². The Morgan fingerprint density at radius 3 is 2.68 bits per heavy atom. The van der Waals surface area contributed by atoms with Crippen molar-refractivity contribution in [2.75, 3.05) is 25.1 Å². The summed E-state index contributed by atoms with van der Waals surface area (Å²) in [5.74, 6) is 0.238. The zero-order valence-corrected chi connectivity index (χ0v) is 11.3. The molecule has 19 heavy (non-hydrogen) atoms. The van der Waals surface area contributed by atoms with E-state index in [9.17, 15) is 15.2 Å². The summed E-state index contributed by atoms with van der Waals surface area (Å²) in [7, 11) is 1.41. The molecule has 6 nitrogen and oxygen atoms in total. The number of nitro benzene ring substituents is 1. The topological polar surface area (TPSA) is 75.8 Å². The van der Waals surface area contributed by atoms with Gasteiger partial charge in [-0.05, 0) is 12.1 Å². The van der Waals surface area contributed by atoms with Crippen LogP contribution in [0.15, 0.2) is 18.2 Å². The minimum absolute atomic E-state index is 0.0464. The molecule has 0 amide bonds. The van der Waals surface area contributed by atoms with Crippen molar-refractivity contribution >= 4 is 11.4 Å². The summed E-state index contributed by atoms with van der Waals surface area (Å²) in [6.07, 6.45) is -0.502. The molecule has 0 unspecified atom stereocenters. The molecule has 0 aliphatic carbocycles. The first-order valence-electron chi connectivity index (χ1n) is 6.11. The van der Waals surface area contributed by atoms with Crippen molar-refractivity contribution in [3.63, 3.8) is 0 Å². The normalized spacial score (nSPS) is 21.5. The second-order valence-electron chi connectivity index (χ2n) is 5.47. The van der Waals surface area contributed by atoms with Crippen LogP contribution in [0.4, 0.5) is 11.4 Å². The summed E-state index contributed by atoms with van der Waals surface area (Å²) >= 11 is 0. The first-order valence-corrected chi connectivity index (χ1v) is 6.11. The number of hydrogen-bond donors (Lipinski definition) is 1. The molecule has 1 fully saturated rings. The van der Waals surface area contributed by atoms with E-state index in [2.05, 4.69) is 0 Å². The summed E-state index contributed by atoms with van der Waals surface area (Å²) in [6, 6.07) is 4.98. The molecule has 1 atom stereocenters. The quantitative estimate of drug-likeness (QED) is 0.667. The molecule has 1 N–H and O–H groups in total. The number of benzene rings is 1. The van der Waals surface area contributed by atoms with E-state index in [0.29, 0.717) is 18.8 Å². The van der Waals surface area contributed by atoms with Crippen LogP contribution in [0.1, 0.15) is 13.8 Å².